The molecule has 0 saturated carbocycles. The fourth-order valence-electron chi connectivity index (χ4n) is 3.45. The van der Waals surface area contributed by atoms with E-state index in [2.05, 4.69) is 37.3 Å². The minimum atomic E-state index is 0.366. The number of likely N-dealkylation sites (tertiary alicyclic amines) is 1. The van der Waals surface area contributed by atoms with Gasteiger partial charge in [-0.3, -0.25) is 10.4 Å². The summed E-state index contributed by atoms with van der Waals surface area (Å²) in [6, 6.07) is 3.92. The van der Waals surface area contributed by atoms with E-state index in [0.29, 0.717) is 17.9 Å². The monoisotopic (exact) mass is 396 g/mol. The van der Waals surface area contributed by atoms with Crippen molar-refractivity contribution in [3.05, 3.63) is 53.8 Å². The van der Waals surface area contributed by atoms with Gasteiger partial charge in [0.05, 0.1) is 29.8 Å². The molecule has 2 fully saturated rings. The Morgan fingerprint density at radius 2 is 2.10 bits per heavy atom. The van der Waals surface area contributed by atoms with Crippen molar-refractivity contribution in [1.29, 1.82) is 0 Å². The van der Waals surface area contributed by atoms with E-state index in [0.717, 1.165) is 61.8 Å². The van der Waals surface area contributed by atoms with E-state index in [9.17, 15) is 0 Å². The maximum atomic E-state index is 6.10. The molecular weight excluding hydrogens is 364 g/mol. The molecule has 0 bridgehead atoms. The van der Waals surface area contributed by atoms with Gasteiger partial charge in [0.25, 0.3) is 0 Å². The lowest BCUT2D eigenvalue weighted by atomic mass is 10.1. The van der Waals surface area contributed by atoms with Crippen LogP contribution in [0.25, 0.3) is 0 Å². The summed E-state index contributed by atoms with van der Waals surface area (Å²) in [5, 5.41) is 7.66. The van der Waals surface area contributed by atoms with E-state index in [1.807, 2.05) is 39.0 Å². The Labute approximate surface area is 173 Å². The molecule has 0 aliphatic carbocycles. The summed E-state index contributed by atoms with van der Waals surface area (Å²) in [5.41, 5.74) is 6.44. The van der Waals surface area contributed by atoms with Crippen LogP contribution < -0.4 is 10.7 Å². The van der Waals surface area contributed by atoms with Crippen LogP contribution >= 0.6 is 0 Å². The molecule has 0 spiro atoms. The van der Waals surface area contributed by atoms with Crippen molar-refractivity contribution in [2.24, 2.45) is 10.1 Å². The summed E-state index contributed by atoms with van der Waals surface area (Å²) in [5.74, 6) is 0.959. The highest BCUT2D eigenvalue weighted by Gasteiger charge is 2.26. The number of hydrogen-bond donors (Lipinski definition) is 2. The van der Waals surface area contributed by atoms with Crippen molar-refractivity contribution >= 4 is 11.9 Å². The van der Waals surface area contributed by atoms with Gasteiger partial charge in [0, 0.05) is 43.6 Å². The molecule has 2 saturated heterocycles. The molecule has 1 aromatic rings. The number of ether oxygens (including phenoxy) is 1. The van der Waals surface area contributed by atoms with E-state index < -0.39 is 0 Å². The lowest BCUT2D eigenvalue weighted by Gasteiger charge is -2.37. The molecule has 0 amide bonds. The predicted octanol–water partition coefficient (Wildman–Crippen LogP) is 2.60. The maximum absolute atomic E-state index is 6.10. The zero-order chi connectivity index (χ0) is 20.6. The van der Waals surface area contributed by atoms with Crippen molar-refractivity contribution in [2.75, 3.05) is 26.2 Å². The first-order valence-corrected chi connectivity index (χ1v) is 10.3. The molecular formula is C22H32N6O. The lowest BCUT2D eigenvalue weighted by Crippen LogP contribution is -2.51. The first-order chi connectivity index (χ1) is 14.1. The molecule has 0 unspecified atom stereocenters. The van der Waals surface area contributed by atoms with Crippen molar-refractivity contribution in [3.8, 4) is 0 Å². The van der Waals surface area contributed by atoms with Crippen LogP contribution in [0.15, 0.2) is 52.6 Å². The zero-order valence-electron chi connectivity index (χ0n) is 17.7. The number of aromatic nitrogens is 1. The van der Waals surface area contributed by atoms with Crippen LogP contribution in [0.1, 0.15) is 37.9 Å². The Hall–Kier alpha value is -2.51. The van der Waals surface area contributed by atoms with Crippen LogP contribution in [0.2, 0.25) is 0 Å². The van der Waals surface area contributed by atoms with Gasteiger partial charge in [-0.05, 0) is 51.8 Å². The van der Waals surface area contributed by atoms with Gasteiger partial charge in [-0.2, -0.15) is 5.10 Å². The Kier molecular flexibility index (Phi) is 7.55. The molecule has 1 aromatic heterocycles. The quantitative estimate of drug-likeness (QED) is 0.522. The van der Waals surface area contributed by atoms with Crippen LogP contribution in [-0.2, 0) is 4.74 Å². The summed E-state index contributed by atoms with van der Waals surface area (Å²) in [6.07, 6.45) is 8.39. The summed E-state index contributed by atoms with van der Waals surface area (Å²) >= 11 is 0. The summed E-state index contributed by atoms with van der Waals surface area (Å²) in [4.78, 5) is 11.2. The van der Waals surface area contributed by atoms with Crippen LogP contribution in [0.4, 0.5) is 0 Å². The van der Waals surface area contributed by atoms with Crippen LogP contribution in [0, 0.1) is 6.92 Å². The van der Waals surface area contributed by atoms with Gasteiger partial charge in [0.15, 0.2) is 0 Å². The fourth-order valence-corrected chi connectivity index (χ4v) is 3.45. The van der Waals surface area contributed by atoms with Gasteiger partial charge in [0.2, 0.25) is 0 Å². The van der Waals surface area contributed by atoms with Crippen LogP contribution in [0.5, 0.6) is 0 Å². The third-order valence-electron chi connectivity index (χ3n) is 5.27. The van der Waals surface area contributed by atoms with E-state index >= 15 is 0 Å². The van der Waals surface area contributed by atoms with E-state index in [-0.39, 0.29) is 0 Å². The van der Waals surface area contributed by atoms with E-state index in [1.54, 1.807) is 12.4 Å². The van der Waals surface area contributed by atoms with E-state index in [1.165, 1.54) is 0 Å². The largest absolute Gasteiger partial charge is 0.372 e. The fraction of sp³-hybridized carbons (Fsp3) is 0.500. The molecule has 3 heterocycles. The molecule has 29 heavy (non-hydrogen) atoms. The SMILES string of the molecule is C=C(/C=N\C(=C/C)N1CCC(OC2CNC2)CC1)N/N=C(\C)c1cccnc1C. The second-order valence-electron chi connectivity index (χ2n) is 7.48. The minimum absolute atomic E-state index is 0.366. The standard InChI is InChI=1S/C22H32N6O/c1-5-22(28-11-8-19(9-12-28)29-20-14-23-15-20)25-13-16(2)26-27-18(4)21-7-6-10-24-17(21)3/h5-7,10,13,19-20,23,26H,2,8-9,11-12,14-15H2,1,3-4H3/b22-5+,25-13-,27-18+. The molecule has 0 radical (unpaired) electrons. The number of hydrazone groups is 1. The van der Waals surface area contributed by atoms with Crippen LogP contribution in [0.3, 0.4) is 0 Å². The van der Waals surface area contributed by atoms with Crippen LogP contribution in [-0.4, -0.2) is 60.2 Å². The topological polar surface area (TPSA) is 74.1 Å². The minimum Gasteiger partial charge on any atom is -0.372 e. The van der Waals surface area contributed by atoms with Gasteiger partial charge < -0.3 is 15.0 Å². The molecule has 2 aliphatic heterocycles. The first-order valence-electron chi connectivity index (χ1n) is 10.3. The smallest absolute Gasteiger partial charge is 0.124 e. The van der Waals surface area contributed by atoms with Gasteiger partial charge in [-0.25, -0.2) is 4.99 Å². The number of pyridine rings is 1. The lowest BCUT2D eigenvalue weighted by molar-refractivity contribution is -0.0590. The highest BCUT2D eigenvalue weighted by atomic mass is 16.5. The number of nitrogens with zero attached hydrogens (tertiary/aromatic N) is 4. The molecule has 7 heteroatoms. The average molecular weight is 397 g/mol. The highest BCUT2D eigenvalue weighted by molar-refractivity contribution is 5.99. The Balaban J connectivity index is 1.48. The normalized spacial score (nSPS) is 19.5. The Morgan fingerprint density at radius 3 is 2.72 bits per heavy atom. The Bertz CT molecular complexity index is 788. The molecule has 156 valence electrons. The second-order valence-corrected chi connectivity index (χ2v) is 7.48. The number of nitrogens with one attached hydrogen (secondary N) is 2. The number of aliphatic imine (C=N–C) groups is 1. The maximum Gasteiger partial charge on any atom is 0.124 e. The summed E-state index contributed by atoms with van der Waals surface area (Å²) in [6.45, 7) is 13.8. The predicted molar refractivity (Wildman–Crippen MR) is 118 cm³/mol. The summed E-state index contributed by atoms with van der Waals surface area (Å²) in [7, 11) is 0. The number of aryl methyl sites for hydroxylation is 1. The average Bonchev–Trinajstić information content (AvgIpc) is 2.70. The van der Waals surface area contributed by atoms with Crippen molar-refractivity contribution in [3.63, 3.8) is 0 Å². The zero-order valence-corrected chi connectivity index (χ0v) is 17.7. The molecule has 7 nitrogen and oxygen atoms in total. The van der Waals surface area contributed by atoms with Gasteiger partial charge >= 0.3 is 0 Å². The molecule has 2 N–H and O–H groups in total. The third-order valence-corrected chi connectivity index (χ3v) is 5.27. The number of allylic oxidation sites excluding steroid dienone is 2. The highest BCUT2D eigenvalue weighted by Crippen LogP contribution is 2.20. The number of rotatable bonds is 8. The first kappa shape index (κ1) is 21.2. The van der Waals surface area contributed by atoms with Crippen molar-refractivity contribution < 1.29 is 4.74 Å². The molecule has 0 aromatic carbocycles. The molecule has 0 atom stereocenters. The van der Waals surface area contributed by atoms with Gasteiger partial charge in [-0.1, -0.05) is 6.58 Å². The van der Waals surface area contributed by atoms with Gasteiger partial charge in [-0.15, -0.1) is 0 Å². The third kappa shape index (κ3) is 5.98. The Morgan fingerprint density at radius 1 is 1.34 bits per heavy atom. The number of piperidine rings is 1. The summed E-state index contributed by atoms with van der Waals surface area (Å²) < 4.78 is 6.10. The van der Waals surface area contributed by atoms with E-state index in [4.69, 9.17) is 4.74 Å². The van der Waals surface area contributed by atoms with Crippen molar-refractivity contribution in [2.45, 2.75) is 45.8 Å². The van der Waals surface area contributed by atoms with Gasteiger partial charge in [0.1, 0.15) is 5.82 Å². The molecule has 3 rings (SSSR count). The second kappa shape index (κ2) is 10.3. The number of hydrogen-bond acceptors (Lipinski definition) is 7. The van der Waals surface area contributed by atoms with Crippen molar-refractivity contribution in [1.82, 2.24) is 20.6 Å². The molecule has 2 aliphatic rings.